The van der Waals surface area contributed by atoms with Crippen LogP contribution in [0.15, 0.2) is 35.7 Å². The molecule has 1 aromatic carbocycles. The summed E-state index contributed by atoms with van der Waals surface area (Å²) in [5.41, 5.74) is 4.74. The van der Waals surface area contributed by atoms with Gasteiger partial charge in [-0.1, -0.05) is 11.2 Å². The summed E-state index contributed by atoms with van der Waals surface area (Å²) in [6.07, 6.45) is 4.32. The summed E-state index contributed by atoms with van der Waals surface area (Å²) in [6, 6.07) is 7.94. The highest BCUT2D eigenvalue weighted by Crippen LogP contribution is 2.41. The number of nitrogens with zero attached hydrogens (tertiary/aromatic N) is 4. The predicted octanol–water partition coefficient (Wildman–Crippen LogP) is 2.64. The van der Waals surface area contributed by atoms with E-state index in [1.807, 2.05) is 37.5 Å². The number of carbonyl (C=O) groups excluding carboxylic acids is 2. The normalized spacial score (nSPS) is 21.5. The van der Waals surface area contributed by atoms with E-state index >= 15 is 0 Å². The number of imidazole rings is 1. The summed E-state index contributed by atoms with van der Waals surface area (Å²) in [7, 11) is 1.41. The number of hydrogen-bond acceptors (Lipinski definition) is 7. The Morgan fingerprint density at radius 2 is 2.09 bits per heavy atom. The van der Waals surface area contributed by atoms with Gasteiger partial charge < -0.3 is 24.8 Å². The largest absolute Gasteiger partial charge is 0.473 e. The van der Waals surface area contributed by atoms with Crippen molar-refractivity contribution in [1.29, 1.82) is 0 Å². The number of nitrogens with one attached hydrogen (secondary N) is 2. The van der Waals surface area contributed by atoms with Crippen molar-refractivity contribution in [3.63, 3.8) is 0 Å². The molecule has 0 radical (unpaired) electrons. The maximum absolute atomic E-state index is 12.2. The Morgan fingerprint density at radius 1 is 1.24 bits per heavy atom. The highest BCUT2D eigenvalue weighted by Gasteiger charge is 2.32. The molecule has 0 spiro atoms. The molecule has 4 heterocycles. The van der Waals surface area contributed by atoms with E-state index in [0.717, 1.165) is 29.4 Å². The highest BCUT2D eigenvalue weighted by atomic mass is 16.6. The van der Waals surface area contributed by atoms with Crippen molar-refractivity contribution in [2.75, 3.05) is 19.0 Å². The monoisotopic (exact) mass is 460 g/mol. The minimum absolute atomic E-state index is 0.0481. The van der Waals surface area contributed by atoms with Crippen molar-refractivity contribution in [2.45, 2.75) is 38.3 Å². The number of oxime groups is 1. The molecule has 10 heteroatoms. The van der Waals surface area contributed by atoms with Gasteiger partial charge in [-0.15, -0.1) is 0 Å². The summed E-state index contributed by atoms with van der Waals surface area (Å²) in [6.45, 7) is 2.57. The number of anilines is 1. The van der Waals surface area contributed by atoms with Crippen molar-refractivity contribution in [3.05, 3.63) is 36.2 Å². The predicted molar refractivity (Wildman–Crippen MR) is 125 cm³/mol. The number of fused-ring (bicyclic) bond motifs is 2. The lowest BCUT2D eigenvalue weighted by atomic mass is 10.0. The zero-order valence-electron chi connectivity index (χ0n) is 18.9. The van der Waals surface area contributed by atoms with Gasteiger partial charge in [-0.25, -0.2) is 9.97 Å². The second kappa shape index (κ2) is 7.82. The Balaban J connectivity index is 1.41. The third-order valence-corrected chi connectivity index (χ3v) is 6.65. The average molecular weight is 460 g/mol. The molecule has 1 aliphatic carbocycles. The Labute approximate surface area is 195 Å². The molecule has 3 aliphatic rings. The molecule has 1 saturated heterocycles. The zero-order chi connectivity index (χ0) is 23.4. The Hall–Kier alpha value is -3.95. The first-order chi connectivity index (χ1) is 16.5. The van der Waals surface area contributed by atoms with Crippen molar-refractivity contribution >= 4 is 34.2 Å². The van der Waals surface area contributed by atoms with Gasteiger partial charge in [0.2, 0.25) is 11.8 Å². The molecular weight excluding hydrogens is 436 g/mol. The molecular formula is C24H24N6O4. The van der Waals surface area contributed by atoms with Gasteiger partial charge in [-0.3, -0.25) is 9.59 Å². The molecule has 2 amide bonds. The van der Waals surface area contributed by atoms with Crippen molar-refractivity contribution in [3.8, 4) is 17.1 Å². The second-order valence-electron chi connectivity index (χ2n) is 8.99. The van der Waals surface area contributed by atoms with Crippen LogP contribution in [-0.2, 0) is 14.4 Å². The van der Waals surface area contributed by atoms with Crippen LogP contribution >= 0.6 is 0 Å². The van der Waals surface area contributed by atoms with E-state index in [1.165, 1.54) is 7.11 Å². The fourth-order valence-corrected chi connectivity index (χ4v) is 4.62. The van der Waals surface area contributed by atoms with E-state index in [0.29, 0.717) is 41.8 Å². The van der Waals surface area contributed by atoms with Crippen molar-refractivity contribution < 1.29 is 19.2 Å². The maximum atomic E-state index is 12.2. The molecule has 2 atom stereocenters. The van der Waals surface area contributed by atoms with Crippen LogP contribution < -0.4 is 15.4 Å². The Kier molecular flexibility index (Phi) is 4.75. The van der Waals surface area contributed by atoms with E-state index in [-0.39, 0.29) is 29.5 Å². The van der Waals surface area contributed by atoms with Gasteiger partial charge in [0.1, 0.15) is 18.7 Å². The second-order valence-corrected chi connectivity index (χ2v) is 8.99. The van der Waals surface area contributed by atoms with Crippen LogP contribution in [0.2, 0.25) is 0 Å². The van der Waals surface area contributed by atoms with Crippen LogP contribution in [0.4, 0.5) is 5.69 Å². The number of hydrogen-bond donors (Lipinski definition) is 2. The number of benzene rings is 1. The molecule has 2 aromatic heterocycles. The van der Waals surface area contributed by atoms with Gasteiger partial charge in [0.25, 0.3) is 5.91 Å². The molecule has 34 heavy (non-hydrogen) atoms. The summed E-state index contributed by atoms with van der Waals surface area (Å²) >= 11 is 0. The SMILES string of the molecule is CON=C1C(=O)Nc2cc(-c3cc4ncn(C5CC5)c4c(O[C@H](C)C4CNC(=O)C4)n3)ccc21. The van der Waals surface area contributed by atoms with Gasteiger partial charge >= 0.3 is 0 Å². The fourth-order valence-electron chi connectivity index (χ4n) is 4.62. The zero-order valence-corrected chi connectivity index (χ0v) is 18.9. The van der Waals surface area contributed by atoms with E-state index < -0.39 is 0 Å². The standard InChI is InChI=1S/C24H24N6O4/c1-12(14-8-20(31)25-10-14)34-24-22-19(26-11-30(22)15-4-5-15)9-17(28-24)13-3-6-16-18(7-13)27-23(32)21(16)29-33-2/h3,6-7,9,11-12,14-15H,4-5,8,10H2,1-2H3,(H,25,31)(H,27,29,32)/t12-,14?/m1/s1. The fraction of sp³-hybridized carbons (Fsp3) is 0.375. The van der Waals surface area contributed by atoms with E-state index in [2.05, 4.69) is 25.3 Å². The van der Waals surface area contributed by atoms with Gasteiger partial charge in [-0.05, 0) is 38.0 Å². The number of pyridine rings is 1. The minimum atomic E-state index is -0.307. The minimum Gasteiger partial charge on any atom is -0.473 e. The first-order valence-electron chi connectivity index (χ1n) is 11.4. The summed E-state index contributed by atoms with van der Waals surface area (Å²) in [5.74, 6) is 0.332. The van der Waals surface area contributed by atoms with E-state index in [9.17, 15) is 9.59 Å². The molecule has 0 bridgehead atoms. The molecule has 174 valence electrons. The lowest BCUT2D eigenvalue weighted by molar-refractivity contribution is -0.119. The molecule has 6 rings (SSSR count). The number of carbonyl (C=O) groups is 2. The van der Waals surface area contributed by atoms with Crippen LogP contribution in [0.3, 0.4) is 0 Å². The van der Waals surface area contributed by atoms with Gasteiger partial charge in [0.05, 0.1) is 23.2 Å². The van der Waals surface area contributed by atoms with Crippen molar-refractivity contribution in [1.82, 2.24) is 19.9 Å². The third-order valence-electron chi connectivity index (χ3n) is 6.65. The molecule has 2 fully saturated rings. The number of rotatable bonds is 6. The average Bonchev–Trinajstić information content (AvgIpc) is 3.28. The van der Waals surface area contributed by atoms with Crippen LogP contribution in [0.1, 0.15) is 37.8 Å². The summed E-state index contributed by atoms with van der Waals surface area (Å²) in [4.78, 5) is 38.3. The van der Waals surface area contributed by atoms with E-state index in [1.54, 1.807) is 0 Å². The first-order valence-corrected chi connectivity index (χ1v) is 11.4. The van der Waals surface area contributed by atoms with Crippen LogP contribution in [0, 0.1) is 5.92 Å². The molecule has 2 aliphatic heterocycles. The van der Waals surface area contributed by atoms with Crippen molar-refractivity contribution in [2.24, 2.45) is 11.1 Å². The smallest absolute Gasteiger partial charge is 0.278 e. The molecule has 10 nitrogen and oxygen atoms in total. The van der Waals surface area contributed by atoms with Crippen LogP contribution in [0.25, 0.3) is 22.3 Å². The number of amides is 2. The van der Waals surface area contributed by atoms with Crippen LogP contribution in [-0.4, -0.2) is 51.8 Å². The Morgan fingerprint density at radius 3 is 2.82 bits per heavy atom. The third kappa shape index (κ3) is 3.46. The lowest BCUT2D eigenvalue weighted by Gasteiger charge is -2.20. The number of ether oxygens (including phenoxy) is 1. The number of aromatic nitrogens is 3. The highest BCUT2D eigenvalue weighted by molar-refractivity contribution is 6.53. The van der Waals surface area contributed by atoms with Crippen LogP contribution in [0.5, 0.6) is 5.88 Å². The first kappa shape index (κ1) is 20.6. The summed E-state index contributed by atoms with van der Waals surface area (Å²) in [5, 5.41) is 9.53. The quantitative estimate of drug-likeness (QED) is 0.546. The van der Waals surface area contributed by atoms with Gasteiger partial charge in [-0.2, -0.15) is 0 Å². The summed E-state index contributed by atoms with van der Waals surface area (Å²) < 4.78 is 8.53. The molecule has 2 N–H and O–H groups in total. The van der Waals surface area contributed by atoms with E-state index in [4.69, 9.17) is 14.6 Å². The molecule has 3 aromatic rings. The molecule has 1 saturated carbocycles. The van der Waals surface area contributed by atoms with Gasteiger partial charge in [0, 0.05) is 36.1 Å². The topological polar surface area (TPSA) is 120 Å². The Bertz CT molecular complexity index is 1360. The lowest BCUT2D eigenvalue weighted by Crippen LogP contribution is -2.26. The maximum Gasteiger partial charge on any atom is 0.278 e. The van der Waals surface area contributed by atoms with Gasteiger partial charge in [0.15, 0.2) is 5.71 Å². The molecule has 1 unspecified atom stereocenters.